The fraction of sp³-hybridized carbons (Fsp3) is 0.0417. The van der Waals surface area contributed by atoms with Gasteiger partial charge in [-0.25, -0.2) is 4.79 Å². The number of hydrogen-bond acceptors (Lipinski definition) is 6. The number of carbonyl (C=O) groups is 2. The second-order valence-corrected chi connectivity index (χ2v) is 6.37. The van der Waals surface area contributed by atoms with Crippen LogP contribution in [0.25, 0.3) is 0 Å². The summed E-state index contributed by atoms with van der Waals surface area (Å²) in [5.41, 5.74) is 2.89. The summed E-state index contributed by atoms with van der Waals surface area (Å²) < 4.78 is 4.71. The van der Waals surface area contributed by atoms with Crippen LogP contribution >= 0.6 is 0 Å². The molecule has 0 aliphatic rings. The van der Waals surface area contributed by atoms with Crippen LogP contribution < -0.4 is 16.0 Å². The molecule has 31 heavy (non-hydrogen) atoms. The maximum Gasteiger partial charge on any atom is 0.339 e. The fourth-order valence-corrected chi connectivity index (χ4v) is 2.71. The molecule has 0 saturated carbocycles. The fourth-order valence-electron chi connectivity index (χ4n) is 2.71. The molecule has 3 aromatic carbocycles. The first-order valence-electron chi connectivity index (χ1n) is 9.38. The molecule has 3 aromatic rings. The Hall–Kier alpha value is -4.57. The zero-order valence-electron chi connectivity index (χ0n) is 16.8. The maximum absolute atomic E-state index is 12.5. The Bertz CT molecular complexity index is 1130. The van der Waals surface area contributed by atoms with E-state index in [1.54, 1.807) is 18.2 Å². The molecule has 154 valence electrons. The van der Waals surface area contributed by atoms with Gasteiger partial charge in [0.2, 0.25) is 0 Å². The lowest BCUT2D eigenvalue weighted by Gasteiger charge is -2.10. The molecule has 0 aliphatic heterocycles. The lowest BCUT2D eigenvalue weighted by molar-refractivity contribution is -0.112. The first kappa shape index (κ1) is 21.1. The summed E-state index contributed by atoms with van der Waals surface area (Å²) in [5.74, 6) is -1.23. The standard InChI is InChI=1S/C24H20N4O3/c1-31-24(30)21-9-5-6-10-22(21)28-23(29)17(15-25)16-26-18-11-13-20(14-12-18)27-19-7-3-2-4-8-19/h2-14,16,26-27H,1H3,(H,28,29)/b17-16-. The van der Waals surface area contributed by atoms with Crippen LogP contribution in [0.5, 0.6) is 0 Å². The summed E-state index contributed by atoms with van der Waals surface area (Å²) in [6.45, 7) is 0. The molecule has 0 aliphatic carbocycles. The van der Waals surface area contributed by atoms with Crippen LogP contribution in [0.2, 0.25) is 0 Å². The summed E-state index contributed by atoms with van der Waals surface area (Å²) in [6.07, 6.45) is 1.32. The van der Waals surface area contributed by atoms with Crippen LogP contribution in [0.15, 0.2) is 90.6 Å². The quantitative estimate of drug-likeness (QED) is 0.296. The number of ether oxygens (including phenoxy) is 1. The average Bonchev–Trinajstić information content (AvgIpc) is 2.81. The zero-order chi connectivity index (χ0) is 22.1. The third kappa shape index (κ3) is 5.71. The summed E-state index contributed by atoms with van der Waals surface area (Å²) in [4.78, 5) is 24.3. The van der Waals surface area contributed by atoms with Gasteiger partial charge in [-0.05, 0) is 48.5 Å². The van der Waals surface area contributed by atoms with E-state index in [0.717, 1.165) is 11.4 Å². The molecular weight excluding hydrogens is 392 g/mol. The van der Waals surface area contributed by atoms with Crippen molar-refractivity contribution in [2.45, 2.75) is 0 Å². The maximum atomic E-state index is 12.5. The van der Waals surface area contributed by atoms with Crippen molar-refractivity contribution >= 4 is 34.6 Å². The highest BCUT2D eigenvalue weighted by molar-refractivity contribution is 6.09. The summed E-state index contributed by atoms with van der Waals surface area (Å²) in [5, 5.41) is 18.1. The first-order chi connectivity index (χ1) is 15.1. The van der Waals surface area contributed by atoms with Crippen molar-refractivity contribution < 1.29 is 14.3 Å². The Morgan fingerprint density at radius 3 is 2.16 bits per heavy atom. The molecule has 7 heteroatoms. The second kappa shape index (κ2) is 10.3. The van der Waals surface area contributed by atoms with Gasteiger partial charge >= 0.3 is 5.97 Å². The molecule has 0 radical (unpaired) electrons. The number of para-hydroxylation sites is 2. The van der Waals surface area contributed by atoms with Gasteiger partial charge < -0.3 is 20.7 Å². The van der Waals surface area contributed by atoms with Gasteiger partial charge in [-0.3, -0.25) is 4.79 Å². The predicted octanol–water partition coefficient (Wildman–Crippen LogP) is 4.67. The number of rotatable bonds is 7. The molecule has 0 saturated heterocycles. The van der Waals surface area contributed by atoms with E-state index in [-0.39, 0.29) is 16.8 Å². The topological polar surface area (TPSA) is 103 Å². The van der Waals surface area contributed by atoms with Crippen molar-refractivity contribution in [2.75, 3.05) is 23.1 Å². The van der Waals surface area contributed by atoms with Crippen LogP contribution in [-0.4, -0.2) is 19.0 Å². The number of carbonyl (C=O) groups excluding carboxylic acids is 2. The molecule has 0 atom stereocenters. The Labute approximate surface area is 180 Å². The molecule has 0 fully saturated rings. The van der Waals surface area contributed by atoms with Gasteiger partial charge in [0, 0.05) is 23.3 Å². The second-order valence-electron chi connectivity index (χ2n) is 6.37. The average molecular weight is 412 g/mol. The van der Waals surface area contributed by atoms with Gasteiger partial charge in [0.1, 0.15) is 11.6 Å². The largest absolute Gasteiger partial charge is 0.465 e. The van der Waals surface area contributed by atoms with E-state index >= 15 is 0 Å². The van der Waals surface area contributed by atoms with Gasteiger partial charge in [-0.15, -0.1) is 0 Å². The Kier molecular flexibility index (Phi) is 7.01. The molecule has 0 heterocycles. The molecule has 3 N–H and O–H groups in total. The first-order valence-corrected chi connectivity index (χ1v) is 9.38. The number of nitriles is 1. The van der Waals surface area contributed by atoms with Gasteiger partial charge in [-0.1, -0.05) is 30.3 Å². The smallest absolute Gasteiger partial charge is 0.339 e. The van der Waals surface area contributed by atoms with Gasteiger partial charge in [0.05, 0.1) is 18.4 Å². The summed E-state index contributed by atoms with van der Waals surface area (Å²) in [6, 6.07) is 25.4. The van der Waals surface area contributed by atoms with Crippen molar-refractivity contribution in [1.29, 1.82) is 5.26 Å². The van der Waals surface area contributed by atoms with Crippen LogP contribution in [0, 0.1) is 11.3 Å². The van der Waals surface area contributed by atoms with Gasteiger partial charge in [0.15, 0.2) is 0 Å². The zero-order valence-corrected chi connectivity index (χ0v) is 16.8. The summed E-state index contributed by atoms with van der Waals surface area (Å²) in [7, 11) is 1.26. The molecular formula is C24H20N4O3. The normalized spacial score (nSPS) is 10.5. The van der Waals surface area contributed by atoms with Crippen LogP contribution in [0.3, 0.4) is 0 Å². The summed E-state index contributed by atoms with van der Waals surface area (Å²) >= 11 is 0. The highest BCUT2D eigenvalue weighted by Crippen LogP contribution is 2.19. The van der Waals surface area contributed by atoms with E-state index < -0.39 is 11.9 Å². The lowest BCUT2D eigenvalue weighted by Crippen LogP contribution is -2.17. The van der Waals surface area contributed by atoms with E-state index in [2.05, 4.69) is 16.0 Å². The van der Waals surface area contributed by atoms with Crippen LogP contribution in [0.1, 0.15) is 10.4 Å². The Morgan fingerprint density at radius 2 is 1.48 bits per heavy atom. The van der Waals surface area contributed by atoms with E-state index in [4.69, 9.17) is 4.74 Å². The monoisotopic (exact) mass is 412 g/mol. The predicted molar refractivity (Wildman–Crippen MR) is 120 cm³/mol. The molecule has 0 bridgehead atoms. The van der Waals surface area contributed by atoms with E-state index in [9.17, 15) is 14.9 Å². The number of hydrogen-bond donors (Lipinski definition) is 3. The molecule has 0 spiro atoms. The van der Waals surface area contributed by atoms with E-state index in [1.165, 1.54) is 19.4 Å². The molecule has 3 rings (SSSR count). The highest BCUT2D eigenvalue weighted by atomic mass is 16.5. The number of anilines is 4. The van der Waals surface area contributed by atoms with E-state index in [0.29, 0.717) is 5.69 Å². The minimum Gasteiger partial charge on any atom is -0.465 e. The van der Waals surface area contributed by atoms with Crippen molar-refractivity contribution in [2.24, 2.45) is 0 Å². The number of amides is 1. The minimum atomic E-state index is -0.645. The number of methoxy groups -OCH3 is 1. The molecule has 0 aromatic heterocycles. The van der Waals surface area contributed by atoms with Crippen molar-refractivity contribution in [3.05, 3.63) is 96.2 Å². The van der Waals surface area contributed by atoms with Crippen LogP contribution in [-0.2, 0) is 9.53 Å². The molecule has 1 amide bonds. The SMILES string of the molecule is COC(=O)c1ccccc1NC(=O)/C(C#N)=C\Nc1ccc(Nc2ccccc2)cc1. The Morgan fingerprint density at radius 1 is 0.871 bits per heavy atom. The third-order valence-electron chi connectivity index (χ3n) is 4.28. The lowest BCUT2D eigenvalue weighted by atomic mass is 10.1. The number of esters is 1. The van der Waals surface area contributed by atoms with Crippen molar-refractivity contribution in [3.8, 4) is 6.07 Å². The Balaban J connectivity index is 1.66. The van der Waals surface area contributed by atoms with Gasteiger partial charge in [0.25, 0.3) is 5.91 Å². The number of nitrogens with zero attached hydrogens (tertiary/aromatic N) is 1. The number of nitrogens with one attached hydrogen (secondary N) is 3. The molecule has 0 unspecified atom stereocenters. The highest BCUT2D eigenvalue weighted by Gasteiger charge is 2.15. The van der Waals surface area contributed by atoms with E-state index in [1.807, 2.05) is 60.7 Å². The van der Waals surface area contributed by atoms with Crippen molar-refractivity contribution in [1.82, 2.24) is 0 Å². The van der Waals surface area contributed by atoms with Crippen LogP contribution in [0.4, 0.5) is 22.7 Å². The molecule has 7 nitrogen and oxygen atoms in total. The number of benzene rings is 3. The van der Waals surface area contributed by atoms with Gasteiger partial charge in [-0.2, -0.15) is 5.26 Å². The minimum absolute atomic E-state index is 0.147. The van der Waals surface area contributed by atoms with Crippen molar-refractivity contribution in [3.63, 3.8) is 0 Å². The third-order valence-corrected chi connectivity index (χ3v) is 4.28.